The number of carbonyl (C=O) groups is 2. The molecule has 8 heteroatoms. The van der Waals surface area contributed by atoms with E-state index in [2.05, 4.69) is 15.8 Å². The molecule has 0 aromatic heterocycles. The van der Waals surface area contributed by atoms with Crippen molar-refractivity contribution in [3.05, 3.63) is 65.7 Å². The summed E-state index contributed by atoms with van der Waals surface area (Å²) in [5.41, 5.74) is 4.41. The highest BCUT2D eigenvalue weighted by atomic mass is 16.7. The van der Waals surface area contributed by atoms with Crippen LogP contribution in [0.4, 0.5) is 0 Å². The Morgan fingerprint density at radius 1 is 1.06 bits per heavy atom. The van der Waals surface area contributed by atoms with Gasteiger partial charge in [0.25, 0.3) is 5.91 Å². The van der Waals surface area contributed by atoms with Gasteiger partial charge in [-0.25, -0.2) is 5.43 Å². The SMILES string of the molecule is CC1(CC(=O)N/N=C\c2ccc(OCC(=O)NCCc3ccccc3)cc2)OCCO1. The molecule has 1 fully saturated rings. The van der Waals surface area contributed by atoms with Crippen molar-refractivity contribution in [3.63, 3.8) is 0 Å². The van der Waals surface area contributed by atoms with Crippen molar-refractivity contribution in [1.82, 2.24) is 10.7 Å². The van der Waals surface area contributed by atoms with Gasteiger partial charge < -0.3 is 19.5 Å². The number of rotatable bonds is 10. The average Bonchev–Trinajstić information content (AvgIpc) is 3.19. The second-order valence-corrected chi connectivity index (χ2v) is 7.24. The van der Waals surface area contributed by atoms with Gasteiger partial charge in [0, 0.05) is 6.54 Å². The third-order valence-electron chi connectivity index (χ3n) is 4.61. The van der Waals surface area contributed by atoms with Crippen LogP contribution in [0.5, 0.6) is 5.75 Å². The van der Waals surface area contributed by atoms with E-state index < -0.39 is 5.79 Å². The molecule has 0 aliphatic carbocycles. The predicted octanol–water partition coefficient (Wildman–Crippen LogP) is 2.03. The van der Waals surface area contributed by atoms with Crippen LogP contribution in [0, 0.1) is 0 Å². The van der Waals surface area contributed by atoms with E-state index in [0.717, 1.165) is 12.0 Å². The molecule has 0 unspecified atom stereocenters. The molecule has 31 heavy (non-hydrogen) atoms. The van der Waals surface area contributed by atoms with E-state index in [1.165, 1.54) is 11.8 Å². The van der Waals surface area contributed by atoms with Gasteiger partial charge in [-0.3, -0.25) is 9.59 Å². The fourth-order valence-electron chi connectivity index (χ4n) is 3.01. The Hall–Kier alpha value is -3.23. The van der Waals surface area contributed by atoms with Crippen LogP contribution < -0.4 is 15.5 Å². The van der Waals surface area contributed by atoms with E-state index in [1.54, 1.807) is 31.2 Å². The van der Waals surface area contributed by atoms with E-state index in [0.29, 0.717) is 25.5 Å². The van der Waals surface area contributed by atoms with Crippen LogP contribution in [0.15, 0.2) is 59.7 Å². The minimum Gasteiger partial charge on any atom is -0.484 e. The number of benzene rings is 2. The van der Waals surface area contributed by atoms with Gasteiger partial charge in [0.15, 0.2) is 12.4 Å². The van der Waals surface area contributed by atoms with Crippen molar-refractivity contribution in [1.29, 1.82) is 0 Å². The highest BCUT2D eigenvalue weighted by Gasteiger charge is 2.33. The summed E-state index contributed by atoms with van der Waals surface area (Å²) in [6, 6.07) is 17.0. The Morgan fingerprint density at radius 3 is 2.48 bits per heavy atom. The largest absolute Gasteiger partial charge is 0.484 e. The van der Waals surface area contributed by atoms with Gasteiger partial charge in [-0.15, -0.1) is 0 Å². The van der Waals surface area contributed by atoms with Crippen molar-refractivity contribution in [3.8, 4) is 5.75 Å². The van der Waals surface area contributed by atoms with E-state index in [4.69, 9.17) is 14.2 Å². The smallest absolute Gasteiger partial charge is 0.257 e. The van der Waals surface area contributed by atoms with Gasteiger partial charge in [-0.05, 0) is 48.7 Å². The Balaban J connectivity index is 1.34. The topological polar surface area (TPSA) is 98.2 Å². The number of hydrazone groups is 1. The lowest BCUT2D eigenvalue weighted by Crippen LogP contribution is -2.33. The first-order valence-corrected chi connectivity index (χ1v) is 10.2. The molecule has 2 amide bonds. The number of carbonyl (C=O) groups excluding carboxylic acids is 2. The molecule has 0 bridgehead atoms. The molecule has 164 valence electrons. The van der Waals surface area contributed by atoms with Crippen LogP contribution in [-0.2, 0) is 25.5 Å². The summed E-state index contributed by atoms with van der Waals surface area (Å²) in [6.07, 6.45) is 2.37. The van der Waals surface area contributed by atoms with E-state index in [9.17, 15) is 9.59 Å². The van der Waals surface area contributed by atoms with Crippen molar-refractivity contribution >= 4 is 18.0 Å². The molecular weight excluding hydrogens is 398 g/mol. The normalized spacial score (nSPS) is 15.0. The molecule has 1 aliphatic rings. The number of amides is 2. The van der Waals surface area contributed by atoms with Crippen LogP contribution in [0.3, 0.4) is 0 Å². The molecule has 1 heterocycles. The fourth-order valence-corrected chi connectivity index (χ4v) is 3.01. The van der Waals surface area contributed by atoms with E-state index in [1.807, 2.05) is 30.3 Å². The first-order chi connectivity index (χ1) is 15.0. The lowest BCUT2D eigenvalue weighted by atomic mass is 10.1. The van der Waals surface area contributed by atoms with Crippen LogP contribution in [0.2, 0.25) is 0 Å². The molecule has 3 rings (SSSR count). The first-order valence-electron chi connectivity index (χ1n) is 10.2. The number of ether oxygens (including phenoxy) is 3. The molecule has 0 atom stereocenters. The van der Waals surface area contributed by atoms with Crippen LogP contribution in [0.25, 0.3) is 0 Å². The summed E-state index contributed by atoms with van der Waals surface area (Å²) >= 11 is 0. The Labute approximate surface area is 181 Å². The number of hydrogen-bond donors (Lipinski definition) is 2. The van der Waals surface area contributed by atoms with Crippen molar-refractivity contribution in [2.24, 2.45) is 5.10 Å². The number of hydrogen-bond acceptors (Lipinski definition) is 6. The molecule has 0 spiro atoms. The van der Waals surface area contributed by atoms with Crippen molar-refractivity contribution < 1.29 is 23.8 Å². The zero-order chi connectivity index (χ0) is 21.9. The van der Waals surface area contributed by atoms with Crippen molar-refractivity contribution in [2.45, 2.75) is 25.6 Å². The van der Waals surface area contributed by atoms with Gasteiger partial charge in [-0.2, -0.15) is 5.10 Å². The maximum Gasteiger partial charge on any atom is 0.257 e. The second-order valence-electron chi connectivity index (χ2n) is 7.24. The Morgan fingerprint density at radius 2 is 1.77 bits per heavy atom. The summed E-state index contributed by atoms with van der Waals surface area (Å²) in [6.45, 7) is 3.20. The molecule has 2 aromatic rings. The molecule has 1 saturated heterocycles. The number of nitrogens with zero attached hydrogens (tertiary/aromatic N) is 1. The zero-order valence-electron chi connectivity index (χ0n) is 17.5. The Kier molecular flexibility index (Phi) is 8.14. The summed E-state index contributed by atoms with van der Waals surface area (Å²) in [5.74, 6) is -0.776. The Bertz CT molecular complexity index is 878. The van der Waals surface area contributed by atoms with Gasteiger partial charge in [0.1, 0.15) is 5.75 Å². The molecular formula is C23H27N3O5. The predicted molar refractivity (Wildman–Crippen MR) is 116 cm³/mol. The lowest BCUT2D eigenvalue weighted by Gasteiger charge is -2.20. The summed E-state index contributed by atoms with van der Waals surface area (Å²) in [4.78, 5) is 23.8. The van der Waals surface area contributed by atoms with E-state index in [-0.39, 0.29) is 24.8 Å². The monoisotopic (exact) mass is 425 g/mol. The highest BCUT2D eigenvalue weighted by molar-refractivity contribution is 5.82. The molecule has 0 saturated carbocycles. The van der Waals surface area contributed by atoms with Crippen molar-refractivity contribution in [2.75, 3.05) is 26.4 Å². The van der Waals surface area contributed by atoms with Crippen LogP contribution >= 0.6 is 0 Å². The third kappa shape index (κ3) is 7.84. The van der Waals surface area contributed by atoms with Gasteiger partial charge >= 0.3 is 0 Å². The molecule has 2 aromatic carbocycles. The molecule has 8 nitrogen and oxygen atoms in total. The first kappa shape index (κ1) is 22.5. The molecule has 2 N–H and O–H groups in total. The number of nitrogens with one attached hydrogen (secondary N) is 2. The summed E-state index contributed by atoms with van der Waals surface area (Å²) < 4.78 is 16.3. The molecule has 1 aliphatic heterocycles. The van der Waals surface area contributed by atoms with Crippen LogP contribution in [-0.4, -0.2) is 50.2 Å². The third-order valence-corrected chi connectivity index (χ3v) is 4.61. The van der Waals surface area contributed by atoms with Gasteiger partial charge in [-0.1, -0.05) is 30.3 Å². The highest BCUT2D eigenvalue weighted by Crippen LogP contribution is 2.22. The second kappa shape index (κ2) is 11.2. The van der Waals surface area contributed by atoms with Gasteiger partial charge in [0.2, 0.25) is 5.91 Å². The maximum absolute atomic E-state index is 11.9. The zero-order valence-corrected chi connectivity index (χ0v) is 17.5. The van der Waals surface area contributed by atoms with Gasteiger partial charge in [0.05, 0.1) is 25.8 Å². The average molecular weight is 425 g/mol. The molecule has 0 radical (unpaired) electrons. The standard InChI is InChI=1S/C23H27N3O5/c1-23(30-13-14-31-23)15-21(27)26-25-16-19-7-9-20(10-8-19)29-17-22(28)24-12-11-18-5-3-2-4-6-18/h2-10,16H,11-15,17H2,1H3,(H,24,28)(H,26,27)/b25-16-. The minimum atomic E-state index is -0.883. The summed E-state index contributed by atoms with van der Waals surface area (Å²) in [5, 5.41) is 6.77. The quantitative estimate of drug-likeness (QED) is 0.448. The summed E-state index contributed by atoms with van der Waals surface area (Å²) in [7, 11) is 0. The lowest BCUT2D eigenvalue weighted by molar-refractivity contribution is -0.159. The van der Waals surface area contributed by atoms with E-state index >= 15 is 0 Å². The van der Waals surface area contributed by atoms with Crippen LogP contribution in [0.1, 0.15) is 24.5 Å². The fraction of sp³-hybridized carbons (Fsp3) is 0.348. The minimum absolute atomic E-state index is 0.0544. The maximum atomic E-state index is 11.9.